The number of carboxylic acid groups (broad SMARTS) is 1. The Morgan fingerprint density at radius 2 is 2.06 bits per heavy atom. The minimum Gasteiger partial charge on any atom is -0.479 e. The molecule has 0 aliphatic carbocycles. The second kappa shape index (κ2) is 4.99. The number of rotatable bonds is 4. The van der Waals surface area contributed by atoms with E-state index in [4.69, 9.17) is 0 Å². The van der Waals surface area contributed by atoms with Gasteiger partial charge in [-0.1, -0.05) is 0 Å². The van der Waals surface area contributed by atoms with E-state index >= 15 is 0 Å². The summed E-state index contributed by atoms with van der Waals surface area (Å²) in [5.41, 5.74) is 1.85. The van der Waals surface area contributed by atoms with Crippen LogP contribution in [0.3, 0.4) is 0 Å². The summed E-state index contributed by atoms with van der Waals surface area (Å²) in [6, 6.07) is -0.976. The van der Waals surface area contributed by atoms with Crippen LogP contribution in [0.1, 0.15) is 36.8 Å². The summed E-state index contributed by atoms with van der Waals surface area (Å²) in [5, 5.41) is 16.0. The average molecular weight is 239 g/mol. The number of nitrogens with one attached hydrogen (secondary N) is 1. The Morgan fingerprint density at radius 3 is 2.35 bits per heavy atom. The first-order chi connectivity index (χ1) is 7.90. The number of aryl methyl sites for hydroxylation is 2. The molecule has 1 aromatic rings. The van der Waals surface area contributed by atoms with Crippen molar-refractivity contribution in [2.75, 3.05) is 6.54 Å². The molecule has 17 heavy (non-hydrogen) atoms. The molecule has 0 bridgehead atoms. The summed E-state index contributed by atoms with van der Waals surface area (Å²) < 4.78 is 0. The minimum absolute atomic E-state index is 0.264. The van der Waals surface area contributed by atoms with E-state index in [-0.39, 0.29) is 5.91 Å². The summed E-state index contributed by atoms with van der Waals surface area (Å²) >= 11 is 0. The van der Waals surface area contributed by atoms with E-state index in [0.29, 0.717) is 23.5 Å². The van der Waals surface area contributed by atoms with E-state index in [1.54, 1.807) is 20.8 Å². The first-order valence-corrected chi connectivity index (χ1v) is 5.41. The van der Waals surface area contributed by atoms with Crippen LogP contribution >= 0.6 is 0 Å². The number of carbonyl (C=O) groups excluding carboxylic acids is 1. The molecule has 1 heterocycles. The second-order valence-corrected chi connectivity index (χ2v) is 3.89. The van der Waals surface area contributed by atoms with Gasteiger partial charge in [0.15, 0.2) is 6.04 Å². The molecule has 94 valence electrons. The van der Waals surface area contributed by atoms with Crippen molar-refractivity contribution < 1.29 is 14.7 Å². The molecule has 0 radical (unpaired) electrons. The van der Waals surface area contributed by atoms with Crippen molar-refractivity contribution >= 4 is 11.9 Å². The normalized spacial score (nSPS) is 12.2. The average Bonchev–Trinajstić information content (AvgIpc) is 2.54. The molecule has 0 spiro atoms. The Labute approximate surface area is 99.6 Å². The van der Waals surface area contributed by atoms with Crippen LogP contribution in [0, 0.1) is 13.8 Å². The zero-order valence-corrected chi connectivity index (χ0v) is 10.4. The third-order valence-electron chi connectivity index (χ3n) is 2.75. The number of likely N-dealkylation sites (N-methyl/N-ethyl adjacent to an activating group) is 1. The maximum absolute atomic E-state index is 11.5. The van der Waals surface area contributed by atoms with Gasteiger partial charge in [-0.3, -0.25) is 9.89 Å². The number of hydrogen-bond donors (Lipinski definition) is 2. The number of aromatic amines is 1. The molecule has 1 aromatic heterocycles. The highest BCUT2D eigenvalue weighted by molar-refractivity contribution is 5.83. The van der Waals surface area contributed by atoms with Crippen LogP contribution in [0.15, 0.2) is 0 Å². The van der Waals surface area contributed by atoms with Crippen LogP contribution in [-0.2, 0) is 9.59 Å². The van der Waals surface area contributed by atoms with Gasteiger partial charge >= 0.3 is 5.97 Å². The van der Waals surface area contributed by atoms with Crippen LogP contribution in [-0.4, -0.2) is 38.6 Å². The number of H-pyrrole nitrogens is 1. The van der Waals surface area contributed by atoms with E-state index in [1.807, 2.05) is 0 Å². The molecule has 0 aliphatic heterocycles. The van der Waals surface area contributed by atoms with Crippen molar-refractivity contribution in [2.24, 2.45) is 0 Å². The lowest BCUT2D eigenvalue weighted by Gasteiger charge is -2.27. The van der Waals surface area contributed by atoms with Crippen molar-refractivity contribution in [1.29, 1.82) is 0 Å². The lowest BCUT2D eigenvalue weighted by molar-refractivity contribution is -0.149. The molecule has 1 amide bonds. The van der Waals surface area contributed by atoms with Gasteiger partial charge in [0.1, 0.15) is 0 Å². The smallest absolute Gasteiger partial charge is 0.331 e. The van der Waals surface area contributed by atoms with Crippen LogP contribution in [0.5, 0.6) is 0 Å². The Balaban J connectivity index is 3.27. The molecule has 1 unspecified atom stereocenters. The fraction of sp³-hybridized carbons (Fsp3) is 0.545. The Hall–Kier alpha value is -1.85. The molecule has 0 saturated heterocycles. The Kier molecular flexibility index (Phi) is 3.88. The predicted molar refractivity (Wildman–Crippen MR) is 61.5 cm³/mol. The molecule has 6 heteroatoms. The number of nitrogens with zero attached hydrogens (tertiary/aromatic N) is 2. The first-order valence-electron chi connectivity index (χ1n) is 5.41. The molecule has 0 fully saturated rings. The lowest BCUT2D eigenvalue weighted by atomic mass is 10.0. The van der Waals surface area contributed by atoms with E-state index < -0.39 is 12.0 Å². The fourth-order valence-corrected chi connectivity index (χ4v) is 1.96. The fourth-order valence-electron chi connectivity index (χ4n) is 1.96. The van der Waals surface area contributed by atoms with Gasteiger partial charge in [-0.25, -0.2) is 4.79 Å². The van der Waals surface area contributed by atoms with Crippen LogP contribution < -0.4 is 0 Å². The second-order valence-electron chi connectivity index (χ2n) is 3.89. The third kappa shape index (κ3) is 2.46. The van der Waals surface area contributed by atoms with E-state index in [9.17, 15) is 14.7 Å². The molecular formula is C11H17N3O3. The van der Waals surface area contributed by atoms with Crippen LogP contribution in [0.4, 0.5) is 0 Å². The number of aromatic nitrogens is 2. The topological polar surface area (TPSA) is 86.3 Å². The van der Waals surface area contributed by atoms with Crippen molar-refractivity contribution in [1.82, 2.24) is 15.1 Å². The standard InChI is InChI=1S/C11H17N3O3/c1-5-14(8(4)15)10(11(16)17)9-6(2)12-13-7(9)3/h10H,5H2,1-4H3,(H,12,13)(H,16,17). The number of carbonyl (C=O) groups is 2. The quantitative estimate of drug-likeness (QED) is 0.821. The van der Waals surface area contributed by atoms with Crippen molar-refractivity contribution in [3.8, 4) is 0 Å². The number of hydrogen-bond acceptors (Lipinski definition) is 3. The van der Waals surface area contributed by atoms with Crippen molar-refractivity contribution in [2.45, 2.75) is 33.7 Å². The zero-order valence-electron chi connectivity index (χ0n) is 10.4. The van der Waals surface area contributed by atoms with E-state index in [0.717, 1.165) is 0 Å². The summed E-state index contributed by atoms with van der Waals surface area (Å²) in [6.45, 7) is 6.94. The van der Waals surface area contributed by atoms with Gasteiger partial charge in [0.2, 0.25) is 5.91 Å². The maximum Gasteiger partial charge on any atom is 0.331 e. The molecule has 1 atom stereocenters. The predicted octanol–water partition coefficient (Wildman–Crippen LogP) is 1.02. The molecule has 0 aromatic carbocycles. The number of carboxylic acids is 1. The largest absolute Gasteiger partial charge is 0.479 e. The van der Waals surface area contributed by atoms with Gasteiger partial charge in [-0.05, 0) is 20.8 Å². The summed E-state index contributed by atoms with van der Waals surface area (Å²) in [4.78, 5) is 24.2. The molecule has 0 aliphatic rings. The van der Waals surface area contributed by atoms with Gasteiger partial charge in [0.05, 0.1) is 5.69 Å². The third-order valence-corrected chi connectivity index (χ3v) is 2.75. The molecule has 0 saturated carbocycles. The van der Waals surface area contributed by atoms with Gasteiger partial charge in [0, 0.05) is 24.7 Å². The van der Waals surface area contributed by atoms with Crippen molar-refractivity contribution in [3.05, 3.63) is 17.0 Å². The zero-order chi connectivity index (χ0) is 13.2. The van der Waals surface area contributed by atoms with Crippen LogP contribution in [0.25, 0.3) is 0 Å². The van der Waals surface area contributed by atoms with Crippen molar-refractivity contribution in [3.63, 3.8) is 0 Å². The molecule has 6 nitrogen and oxygen atoms in total. The SMILES string of the molecule is CCN(C(C)=O)C(C(=O)O)c1c(C)n[nH]c1C. The molecule has 2 N–H and O–H groups in total. The lowest BCUT2D eigenvalue weighted by Crippen LogP contribution is -2.38. The highest BCUT2D eigenvalue weighted by Crippen LogP contribution is 2.25. The highest BCUT2D eigenvalue weighted by Gasteiger charge is 2.32. The highest BCUT2D eigenvalue weighted by atomic mass is 16.4. The molecule has 1 rings (SSSR count). The van der Waals surface area contributed by atoms with E-state index in [2.05, 4.69) is 10.2 Å². The first kappa shape index (κ1) is 13.2. The monoisotopic (exact) mass is 239 g/mol. The summed E-state index contributed by atoms with van der Waals surface area (Å²) in [5.74, 6) is -1.31. The van der Waals surface area contributed by atoms with E-state index in [1.165, 1.54) is 11.8 Å². The van der Waals surface area contributed by atoms with Gasteiger partial charge in [0.25, 0.3) is 0 Å². The van der Waals surface area contributed by atoms with Crippen LogP contribution in [0.2, 0.25) is 0 Å². The van der Waals surface area contributed by atoms with Gasteiger partial charge < -0.3 is 10.0 Å². The van der Waals surface area contributed by atoms with Gasteiger partial charge in [-0.2, -0.15) is 5.10 Å². The summed E-state index contributed by atoms with van der Waals surface area (Å²) in [6.07, 6.45) is 0. The number of aliphatic carboxylic acids is 1. The Bertz CT molecular complexity index is 420. The maximum atomic E-state index is 11.5. The summed E-state index contributed by atoms with van der Waals surface area (Å²) in [7, 11) is 0. The van der Waals surface area contributed by atoms with Gasteiger partial charge in [-0.15, -0.1) is 0 Å². The Morgan fingerprint density at radius 1 is 1.47 bits per heavy atom. The molecular weight excluding hydrogens is 222 g/mol. The number of amides is 1. The minimum atomic E-state index is -1.05.